The van der Waals surface area contributed by atoms with Gasteiger partial charge in [0.2, 0.25) is 0 Å². The Bertz CT molecular complexity index is 1360. The van der Waals surface area contributed by atoms with Crippen molar-refractivity contribution in [2.45, 2.75) is 6.92 Å². The zero-order valence-corrected chi connectivity index (χ0v) is 22.3. The van der Waals surface area contributed by atoms with Crippen molar-refractivity contribution in [2.24, 2.45) is 0 Å². The van der Waals surface area contributed by atoms with Gasteiger partial charge in [-0.3, -0.25) is 14.5 Å². The van der Waals surface area contributed by atoms with Crippen LogP contribution in [0.25, 0.3) is 6.08 Å². The average Bonchev–Trinajstić information content (AvgIpc) is 3.13. The molecule has 36 heavy (non-hydrogen) atoms. The molecular weight excluding hydrogens is 514 g/mol. The predicted octanol–water partition coefficient (Wildman–Crippen LogP) is 6.14. The summed E-state index contributed by atoms with van der Waals surface area (Å²) in [7, 11) is 3.92. The maximum Gasteiger partial charge on any atom is 0.270 e. The van der Waals surface area contributed by atoms with E-state index in [1.165, 1.54) is 16.7 Å². The Kier molecular flexibility index (Phi) is 7.98. The average molecular weight is 538 g/mol. The van der Waals surface area contributed by atoms with Gasteiger partial charge in [-0.25, -0.2) is 0 Å². The summed E-state index contributed by atoms with van der Waals surface area (Å²) in [6.07, 6.45) is 1.77. The van der Waals surface area contributed by atoms with Crippen molar-refractivity contribution in [1.82, 2.24) is 0 Å². The molecule has 4 rings (SSSR count). The molecule has 0 spiro atoms. The zero-order valence-electron chi connectivity index (χ0n) is 19.9. The zero-order chi connectivity index (χ0) is 25.8. The molecule has 0 radical (unpaired) electrons. The van der Waals surface area contributed by atoms with E-state index in [1.807, 2.05) is 56.3 Å². The van der Waals surface area contributed by atoms with Crippen LogP contribution in [0.2, 0.25) is 5.02 Å². The third-order valence-corrected chi connectivity index (χ3v) is 7.20. The van der Waals surface area contributed by atoms with Crippen molar-refractivity contribution in [2.75, 3.05) is 35.8 Å². The van der Waals surface area contributed by atoms with E-state index in [0.717, 1.165) is 22.5 Å². The van der Waals surface area contributed by atoms with Gasteiger partial charge in [0, 0.05) is 30.5 Å². The summed E-state index contributed by atoms with van der Waals surface area (Å²) in [5.41, 5.74) is 3.96. The van der Waals surface area contributed by atoms with Crippen LogP contribution >= 0.6 is 35.6 Å². The molecule has 1 saturated heterocycles. The molecule has 1 heterocycles. The number of rotatable bonds is 7. The molecule has 0 aliphatic carbocycles. The lowest BCUT2D eigenvalue weighted by molar-refractivity contribution is -0.118. The molecule has 0 saturated carbocycles. The van der Waals surface area contributed by atoms with Crippen LogP contribution in [0.1, 0.15) is 11.1 Å². The first-order valence-corrected chi connectivity index (χ1v) is 12.7. The van der Waals surface area contributed by atoms with Crippen molar-refractivity contribution in [3.63, 3.8) is 0 Å². The summed E-state index contributed by atoms with van der Waals surface area (Å²) >= 11 is 12.8. The number of hydrogen-bond acceptors (Lipinski definition) is 6. The summed E-state index contributed by atoms with van der Waals surface area (Å²) in [4.78, 5) is 29.5. The summed E-state index contributed by atoms with van der Waals surface area (Å²) in [6.45, 7) is 1.67. The second kappa shape index (κ2) is 11.2. The van der Waals surface area contributed by atoms with Gasteiger partial charge < -0.3 is 15.0 Å². The van der Waals surface area contributed by atoms with Gasteiger partial charge in [-0.15, -0.1) is 0 Å². The number of benzene rings is 3. The van der Waals surface area contributed by atoms with Crippen molar-refractivity contribution >= 4 is 74.9 Å². The number of ether oxygens (including phenoxy) is 1. The molecular formula is C27H24ClN3O3S2. The normalized spacial score (nSPS) is 14.3. The first kappa shape index (κ1) is 25.8. The Morgan fingerprint density at radius 1 is 1.14 bits per heavy atom. The standard InChI is InChI=1S/C27H24ClN3O3S2/c1-17-22(28)8-5-9-23(17)29-25(32)16-34-21-7-4-6-18(14-21)15-24-26(33)31(27(35)36-24)20-12-10-19(11-13-20)30(2)3/h4-15H,16H2,1-3H3,(H,29,32)/b24-15-. The van der Waals surface area contributed by atoms with Gasteiger partial charge in [-0.05, 0) is 72.7 Å². The van der Waals surface area contributed by atoms with Gasteiger partial charge in [-0.2, -0.15) is 0 Å². The molecule has 0 bridgehead atoms. The van der Waals surface area contributed by atoms with Crippen molar-refractivity contribution in [3.8, 4) is 5.75 Å². The smallest absolute Gasteiger partial charge is 0.270 e. The quantitative estimate of drug-likeness (QED) is 0.288. The van der Waals surface area contributed by atoms with Crippen molar-refractivity contribution in [1.29, 1.82) is 0 Å². The maximum absolute atomic E-state index is 13.1. The Hall–Kier alpha value is -3.33. The first-order chi connectivity index (χ1) is 17.2. The number of thioether (sulfide) groups is 1. The van der Waals surface area contributed by atoms with E-state index in [1.54, 1.807) is 42.5 Å². The Morgan fingerprint density at radius 3 is 2.58 bits per heavy atom. The fourth-order valence-electron chi connectivity index (χ4n) is 3.51. The molecule has 1 aliphatic heterocycles. The fraction of sp³-hybridized carbons (Fsp3) is 0.148. The van der Waals surface area contributed by atoms with Gasteiger partial charge >= 0.3 is 0 Å². The van der Waals surface area contributed by atoms with Crippen molar-refractivity contribution in [3.05, 3.63) is 87.8 Å². The Balaban J connectivity index is 1.42. The number of anilines is 3. The van der Waals surface area contributed by atoms with E-state index in [0.29, 0.717) is 25.7 Å². The number of carbonyl (C=O) groups excluding carboxylic acids is 2. The molecule has 1 fully saturated rings. The van der Waals surface area contributed by atoms with E-state index < -0.39 is 0 Å². The predicted molar refractivity (Wildman–Crippen MR) is 153 cm³/mol. The number of thiocarbonyl (C=S) groups is 1. The van der Waals surface area contributed by atoms with Crippen LogP contribution in [0.15, 0.2) is 71.6 Å². The van der Waals surface area contributed by atoms with E-state index in [2.05, 4.69) is 5.32 Å². The van der Waals surface area contributed by atoms with E-state index in [9.17, 15) is 9.59 Å². The highest BCUT2D eigenvalue weighted by Crippen LogP contribution is 2.36. The third kappa shape index (κ3) is 5.90. The number of carbonyl (C=O) groups is 2. The summed E-state index contributed by atoms with van der Waals surface area (Å²) in [5.74, 6) is 0.0357. The lowest BCUT2D eigenvalue weighted by Crippen LogP contribution is -2.27. The minimum atomic E-state index is -0.299. The number of nitrogens with zero attached hydrogens (tertiary/aromatic N) is 2. The molecule has 0 unspecified atom stereocenters. The molecule has 0 atom stereocenters. The van der Waals surface area contributed by atoms with E-state index in [-0.39, 0.29) is 18.4 Å². The molecule has 3 aromatic carbocycles. The monoisotopic (exact) mass is 537 g/mol. The molecule has 2 amide bonds. The highest BCUT2D eigenvalue weighted by atomic mass is 35.5. The number of amides is 2. The maximum atomic E-state index is 13.1. The third-order valence-electron chi connectivity index (χ3n) is 5.49. The molecule has 6 nitrogen and oxygen atoms in total. The lowest BCUT2D eigenvalue weighted by atomic mass is 10.2. The van der Waals surface area contributed by atoms with Gasteiger partial charge in [0.05, 0.1) is 10.6 Å². The van der Waals surface area contributed by atoms with Gasteiger partial charge in [0.25, 0.3) is 11.8 Å². The Morgan fingerprint density at radius 2 is 1.86 bits per heavy atom. The summed E-state index contributed by atoms with van der Waals surface area (Å²) in [5, 5.41) is 3.39. The first-order valence-electron chi connectivity index (χ1n) is 11.1. The summed E-state index contributed by atoms with van der Waals surface area (Å²) in [6, 6.07) is 20.2. The molecule has 1 N–H and O–H groups in total. The summed E-state index contributed by atoms with van der Waals surface area (Å²) < 4.78 is 6.15. The molecule has 1 aliphatic rings. The lowest BCUT2D eigenvalue weighted by Gasteiger charge is -2.17. The molecule has 9 heteroatoms. The molecule has 3 aromatic rings. The van der Waals surface area contributed by atoms with Gasteiger partial charge in [-0.1, -0.05) is 53.8 Å². The highest BCUT2D eigenvalue weighted by Gasteiger charge is 2.33. The number of halogens is 1. The number of hydrogen-bond donors (Lipinski definition) is 1. The van der Waals surface area contributed by atoms with Gasteiger partial charge in [0.15, 0.2) is 10.9 Å². The van der Waals surface area contributed by atoms with Crippen LogP contribution in [0, 0.1) is 6.92 Å². The second-order valence-corrected chi connectivity index (χ2v) is 10.3. The SMILES string of the molecule is Cc1c(Cl)cccc1NC(=O)COc1cccc(/C=C2\SC(=S)N(c3ccc(N(C)C)cc3)C2=O)c1. The van der Waals surface area contributed by atoms with Crippen LogP contribution in [0.5, 0.6) is 5.75 Å². The topological polar surface area (TPSA) is 61.9 Å². The van der Waals surface area contributed by atoms with Crippen LogP contribution in [0.4, 0.5) is 17.1 Å². The molecule has 184 valence electrons. The Labute approximate surface area is 224 Å². The molecule has 0 aromatic heterocycles. The van der Waals surface area contributed by atoms with Gasteiger partial charge in [0.1, 0.15) is 5.75 Å². The van der Waals surface area contributed by atoms with E-state index >= 15 is 0 Å². The van der Waals surface area contributed by atoms with Crippen LogP contribution in [-0.2, 0) is 9.59 Å². The van der Waals surface area contributed by atoms with Crippen LogP contribution in [0.3, 0.4) is 0 Å². The minimum absolute atomic E-state index is 0.166. The van der Waals surface area contributed by atoms with Crippen LogP contribution in [-0.4, -0.2) is 36.8 Å². The van der Waals surface area contributed by atoms with Crippen molar-refractivity contribution < 1.29 is 14.3 Å². The largest absolute Gasteiger partial charge is 0.484 e. The van der Waals surface area contributed by atoms with Crippen LogP contribution < -0.4 is 19.9 Å². The number of nitrogens with one attached hydrogen (secondary N) is 1. The van der Waals surface area contributed by atoms with E-state index in [4.69, 9.17) is 28.6 Å². The minimum Gasteiger partial charge on any atom is -0.484 e. The fourth-order valence-corrected chi connectivity index (χ4v) is 4.99. The highest BCUT2D eigenvalue weighted by molar-refractivity contribution is 8.27. The second-order valence-electron chi connectivity index (χ2n) is 8.25.